The van der Waals surface area contributed by atoms with E-state index < -0.39 is 5.92 Å². The first-order valence-electron chi connectivity index (χ1n) is 10.6. The number of carbonyl (C=O) groups is 3. The normalized spacial score (nSPS) is 16.9. The number of aryl methyl sites for hydroxylation is 3. The van der Waals surface area contributed by atoms with Crippen LogP contribution in [-0.4, -0.2) is 47.7 Å². The SMILES string of the molecule is Cc1cc(C)c(NC(=O)CN(C)C(=O)[C@@H]2CC(=O)N([C@H](C)c3ccccc3)C2)c(C)c1. The van der Waals surface area contributed by atoms with Gasteiger partial charge < -0.3 is 15.1 Å². The number of anilines is 1. The molecule has 2 aromatic rings. The van der Waals surface area contributed by atoms with E-state index in [1.807, 2.05) is 70.2 Å². The number of amides is 3. The topological polar surface area (TPSA) is 69.7 Å². The number of benzene rings is 2. The van der Waals surface area contributed by atoms with Crippen LogP contribution in [0.15, 0.2) is 42.5 Å². The lowest BCUT2D eigenvalue weighted by atomic mass is 10.0. The molecule has 2 atom stereocenters. The van der Waals surface area contributed by atoms with Crippen molar-refractivity contribution in [2.24, 2.45) is 5.92 Å². The lowest BCUT2D eigenvalue weighted by Gasteiger charge is -2.26. The van der Waals surface area contributed by atoms with Gasteiger partial charge in [-0.15, -0.1) is 0 Å². The van der Waals surface area contributed by atoms with Crippen LogP contribution in [0.25, 0.3) is 0 Å². The molecule has 0 spiro atoms. The fourth-order valence-electron chi connectivity index (χ4n) is 4.34. The first-order valence-corrected chi connectivity index (χ1v) is 10.6. The summed E-state index contributed by atoms with van der Waals surface area (Å²) in [7, 11) is 1.62. The summed E-state index contributed by atoms with van der Waals surface area (Å²) in [5, 5.41) is 2.93. The second-order valence-corrected chi connectivity index (χ2v) is 8.55. The number of hydrogen-bond donors (Lipinski definition) is 1. The highest BCUT2D eigenvalue weighted by Crippen LogP contribution is 2.29. The van der Waals surface area contributed by atoms with Crippen molar-refractivity contribution in [1.29, 1.82) is 0 Å². The van der Waals surface area contributed by atoms with Crippen molar-refractivity contribution in [1.82, 2.24) is 9.80 Å². The number of rotatable bonds is 6. The van der Waals surface area contributed by atoms with Crippen LogP contribution >= 0.6 is 0 Å². The zero-order valence-electron chi connectivity index (χ0n) is 18.9. The Labute approximate surface area is 184 Å². The molecule has 6 heteroatoms. The van der Waals surface area contributed by atoms with Crippen molar-refractivity contribution in [3.05, 3.63) is 64.7 Å². The van der Waals surface area contributed by atoms with Gasteiger partial charge >= 0.3 is 0 Å². The van der Waals surface area contributed by atoms with Crippen LogP contribution in [0.1, 0.15) is 41.6 Å². The minimum atomic E-state index is -0.431. The second kappa shape index (κ2) is 9.33. The van der Waals surface area contributed by atoms with Crippen LogP contribution in [0.3, 0.4) is 0 Å². The van der Waals surface area contributed by atoms with Gasteiger partial charge in [-0.05, 0) is 44.4 Å². The van der Waals surface area contributed by atoms with E-state index in [4.69, 9.17) is 0 Å². The number of likely N-dealkylation sites (tertiary alicyclic amines) is 1. The number of carbonyl (C=O) groups excluding carboxylic acids is 3. The van der Waals surface area contributed by atoms with E-state index in [-0.39, 0.29) is 36.7 Å². The fraction of sp³-hybridized carbons (Fsp3) is 0.400. The van der Waals surface area contributed by atoms with E-state index in [1.165, 1.54) is 4.90 Å². The predicted molar refractivity (Wildman–Crippen MR) is 122 cm³/mol. The summed E-state index contributed by atoms with van der Waals surface area (Å²) in [4.78, 5) is 41.2. The molecule has 164 valence electrons. The predicted octanol–water partition coefficient (Wildman–Crippen LogP) is 3.62. The third-order valence-electron chi connectivity index (χ3n) is 5.96. The molecule has 1 aliphatic heterocycles. The van der Waals surface area contributed by atoms with Gasteiger partial charge in [0.1, 0.15) is 0 Å². The van der Waals surface area contributed by atoms with Crippen molar-refractivity contribution in [2.75, 3.05) is 25.5 Å². The summed E-state index contributed by atoms with van der Waals surface area (Å²) in [6, 6.07) is 13.7. The van der Waals surface area contributed by atoms with Crippen molar-refractivity contribution < 1.29 is 14.4 Å². The van der Waals surface area contributed by atoms with E-state index in [0.29, 0.717) is 6.54 Å². The van der Waals surface area contributed by atoms with Crippen molar-refractivity contribution in [3.8, 4) is 0 Å². The van der Waals surface area contributed by atoms with Crippen LogP contribution in [0.5, 0.6) is 0 Å². The summed E-state index contributed by atoms with van der Waals surface area (Å²) in [5.41, 5.74) is 4.95. The van der Waals surface area contributed by atoms with E-state index >= 15 is 0 Å². The molecule has 1 aliphatic rings. The van der Waals surface area contributed by atoms with Crippen molar-refractivity contribution in [3.63, 3.8) is 0 Å². The fourth-order valence-corrected chi connectivity index (χ4v) is 4.34. The number of likely N-dealkylation sites (N-methyl/N-ethyl adjacent to an activating group) is 1. The van der Waals surface area contributed by atoms with Crippen LogP contribution in [-0.2, 0) is 14.4 Å². The Morgan fingerprint density at radius 1 is 1.13 bits per heavy atom. The summed E-state index contributed by atoms with van der Waals surface area (Å²) in [6.45, 7) is 8.22. The van der Waals surface area contributed by atoms with Crippen LogP contribution in [0.4, 0.5) is 5.69 Å². The first-order chi connectivity index (χ1) is 14.7. The maximum Gasteiger partial charge on any atom is 0.243 e. The molecule has 3 amide bonds. The lowest BCUT2D eigenvalue weighted by Crippen LogP contribution is -2.39. The largest absolute Gasteiger partial charge is 0.336 e. The average Bonchev–Trinajstić information content (AvgIpc) is 3.11. The Morgan fingerprint density at radius 3 is 2.35 bits per heavy atom. The summed E-state index contributed by atoms with van der Waals surface area (Å²) < 4.78 is 0. The molecule has 6 nitrogen and oxygen atoms in total. The highest BCUT2D eigenvalue weighted by atomic mass is 16.2. The molecular weight excluding hydrogens is 390 g/mol. The van der Waals surface area contributed by atoms with Gasteiger partial charge in [0.05, 0.1) is 18.5 Å². The van der Waals surface area contributed by atoms with Crippen molar-refractivity contribution in [2.45, 2.75) is 40.2 Å². The van der Waals surface area contributed by atoms with Gasteiger partial charge in [-0.2, -0.15) is 0 Å². The quantitative estimate of drug-likeness (QED) is 0.775. The standard InChI is InChI=1S/C25H31N3O3/c1-16-11-17(2)24(18(3)12-16)26-22(29)15-27(5)25(31)21-13-23(30)28(14-21)19(4)20-9-7-6-8-10-20/h6-12,19,21H,13-15H2,1-5H3,(H,26,29)/t19-,21-/m1/s1. The van der Waals surface area contributed by atoms with Gasteiger partial charge in [0.2, 0.25) is 17.7 Å². The molecule has 0 aromatic heterocycles. The molecule has 1 N–H and O–H groups in total. The second-order valence-electron chi connectivity index (χ2n) is 8.55. The number of nitrogens with one attached hydrogen (secondary N) is 1. The summed E-state index contributed by atoms with van der Waals surface area (Å²) >= 11 is 0. The van der Waals surface area contributed by atoms with Crippen LogP contribution in [0.2, 0.25) is 0 Å². The molecule has 0 saturated carbocycles. The monoisotopic (exact) mass is 421 g/mol. The van der Waals surface area contributed by atoms with E-state index in [0.717, 1.165) is 27.9 Å². The van der Waals surface area contributed by atoms with Crippen LogP contribution < -0.4 is 5.32 Å². The molecule has 0 bridgehead atoms. The van der Waals surface area contributed by atoms with Gasteiger partial charge in [-0.3, -0.25) is 14.4 Å². The molecule has 2 aromatic carbocycles. The Balaban J connectivity index is 1.60. The van der Waals surface area contributed by atoms with Crippen LogP contribution in [0, 0.1) is 26.7 Å². The summed E-state index contributed by atoms with van der Waals surface area (Å²) in [5.74, 6) is -0.883. The van der Waals surface area contributed by atoms with Gasteiger partial charge in [0.15, 0.2) is 0 Å². The molecule has 1 saturated heterocycles. The summed E-state index contributed by atoms with van der Waals surface area (Å²) in [6.07, 6.45) is 0.179. The number of nitrogens with zero attached hydrogens (tertiary/aromatic N) is 2. The highest BCUT2D eigenvalue weighted by molar-refractivity contribution is 5.97. The minimum absolute atomic E-state index is 0.0292. The molecule has 0 radical (unpaired) electrons. The maximum absolute atomic E-state index is 12.9. The number of hydrogen-bond acceptors (Lipinski definition) is 3. The third kappa shape index (κ3) is 5.13. The Hall–Kier alpha value is -3.15. The molecule has 0 aliphatic carbocycles. The Morgan fingerprint density at radius 2 is 1.74 bits per heavy atom. The highest BCUT2D eigenvalue weighted by Gasteiger charge is 2.38. The zero-order valence-corrected chi connectivity index (χ0v) is 18.9. The first kappa shape index (κ1) is 22.5. The minimum Gasteiger partial charge on any atom is -0.336 e. The molecule has 1 fully saturated rings. The van der Waals surface area contributed by atoms with Crippen molar-refractivity contribution >= 4 is 23.4 Å². The smallest absolute Gasteiger partial charge is 0.243 e. The Bertz CT molecular complexity index is 964. The zero-order chi connectivity index (χ0) is 22.7. The maximum atomic E-state index is 12.9. The van der Waals surface area contributed by atoms with Gasteiger partial charge in [-0.25, -0.2) is 0 Å². The molecule has 1 heterocycles. The third-order valence-corrected chi connectivity index (χ3v) is 5.96. The lowest BCUT2D eigenvalue weighted by molar-refractivity contribution is -0.137. The van der Waals surface area contributed by atoms with E-state index in [9.17, 15) is 14.4 Å². The van der Waals surface area contributed by atoms with Gasteiger partial charge in [0, 0.05) is 25.7 Å². The molecule has 31 heavy (non-hydrogen) atoms. The van der Waals surface area contributed by atoms with Gasteiger partial charge in [0.25, 0.3) is 0 Å². The van der Waals surface area contributed by atoms with Gasteiger partial charge in [-0.1, -0.05) is 48.0 Å². The molecular formula is C25H31N3O3. The van der Waals surface area contributed by atoms with E-state index in [1.54, 1.807) is 11.9 Å². The molecule has 3 rings (SSSR count). The average molecular weight is 422 g/mol. The molecule has 0 unspecified atom stereocenters. The van der Waals surface area contributed by atoms with E-state index in [2.05, 4.69) is 5.32 Å². The Kier molecular flexibility index (Phi) is 6.78.